The summed E-state index contributed by atoms with van der Waals surface area (Å²) in [7, 11) is 0. The number of hydrogen-bond acceptors (Lipinski definition) is 2. The largest absolute Gasteiger partial charge is 0.469 e. The van der Waals surface area contributed by atoms with Crippen molar-refractivity contribution in [2.75, 3.05) is 6.54 Å². The number of carbonyl (C=O) groups excluding carboxylic acids is 1. The van der Waals surface area contributed by atoms with Crippen LogP contribution in [-0.4, -0.2) is 22.3 Å². The molecule has 1 aliphatic heterocycles. The minimum atomic E-state index is -0.598. The van der Waals surface area contributed by atoms with Gasteiger partial charge in [0.05, 0.1) is 6.26 Å². The van der Waals surface area contributed by atoms with Crippen LogP contribution in [0.25, 0.3) is 10.9 Å². The van der Waals surface area contributed by atoms with Gasteiger partial charge in [-0.15, -0.1) is 0 Å². The van der Waals surface area contributed by atoms with Gasteiger partial charge in [0.25, 0.3) is 0 Å². The zero-order valence-electron chi connectivity index (χ0n) is 16.2. The normalized spacial score (nSPS) is 16.1. The van der Waals surface area contributed by atoms with Crippen molar-refractivity contribution < 1.29 is 13.6 Å². The zero-order valence-corrected chi connectivity index (χ0v) is 17.0. The van der Waals surface area contributed by atoms with Crippen LogP contribution < -0.4 is 0 Å². The molecule has 1 aliphatic rings. The second kappa shape index (κ2) is 7.65. The van der Waals surface area contributed by atoms with Crippen molar-refractivity contribution in [2.24, 2.45) is 0 Å². The fourth-order valence-electron chi connectivity index (χ4n) is 4.41. The third-order valence-electron chi connectivity index (χ3n) is 5.79. The second-order valence-corrected chi connectivity index (χ2v) is 7.92. The standard InChI is InChI=1S/C24H20ClFN2O2/c25-18-7-3-8-19(26)22(18)24-23-17(16-6-1-2-9-20(16)27-23)12-13-28(24)21(29)11-10-15-5-4-14-30-15/h1-9,14,24,27H,10-13H2/t24-/m0/s1. The van der Waals surface area contributed by atoms with Crippen LogP contribution in [0, 0.1) is 5.82 Å². The number of H-pyrrole nitrogens is 1. The summed E-state index contributed by atoms with van der Waals surface area (Å²) in [5, 5.41) is 1.42. The molecule has 0 radical (unpaired) electrons. The van der Waals surface area contributed by atoms with E-state index >= 15 is 0 Å². The Balaban J connectivity index is 1.59. The summed E-state index contributed by atoms with van der Waals surface area (Å²) in [6.45, 7) is 0.501. The summed E-state index contributed by atoms with van der Waals surface area (Å²) in [6.07, 6.45) is 3.08. The Bertz CT molecular complexity index is 1200. The summed E-state index contributed by atoms with van der Waals surface area (Å²) in [5.74, 6) is 0.287. The molecule has 0 spiro atoms. The lowest BCUT2D eigenvalue weighted by atomic mass is 9.91. The number of rotatable bonds is 4. The van der Waals surface area contributed by atoms with Gasteiger partial charge in [0.15, 0.2) is 0 Å². The molecule has 6 heteroatoms. The SMILES string of the molecule is O=C(CCc1ccco1)N1CCc2c([nH]c3ccccc23)[C@@H]1c1c(F)cccc1Cl. The Labute approximate surface area is 178 Å². The highest BCUT2D eigenvalue weighted by atomic mass is 35.5. The van der Waals surface area contributed by atoms with Gasteiger partial charge in [-0.05, 0) is 42.3 Å². The number of aryl methyl sites for hydroxylation is 1. The topological polar surface area (TPSA) is 49.2 Å². The molecule has 1 N–H and O–H groups in total. The Morgan fingerprint density at radius 1 is 1.17 bits per heavy atom. The molecule has 152 valence electrons. The van der Waals surface area contributed by atoms with Gasteiger partial charge in [-0.3, -0.25) is 4.79 Å². The van der Waals surface area contributed by atoms with Gasteiger partial charge in [0.1, 0.15) is 17.6 Å². The number of para-hydroxylation sites is 1. The lowest BCUT2D eigenvalue weighted by molar-refractivity contribution is -0.133. The Kier molecular flexibility index (Phi) is 4.83. The summed E-state index contributed by atoms with van der Waals surface area (Å²) in [6, 6.07) is 15.7. The van der Waals surface area contributed by atoms with Crippen LogP contribution in [-0.2, 0) is 17.6 Å². The van der Waals surface area contributed by atoms with E-state index < -0.39 is 11.9 Å². The van der Waals surface area contributed by atoms with Gasteiger partial charge in [0.2, 0.25) is 5.91 Å². The van der Waals surface area contributed by atoms with Gasteiger partial charge in [-0.1, -0.05) is 35.9 Å². The van der Waals surface area contributed by atoms with E-state index in [-0.39, 0.29) is 12.3 Å². The smallest absolute Gasteiger partial charge is 0.223 e. The van der Waals surface area contributed by atoms with Crippen molar-refractivity contribution in [3.05, 3.63) is 94.3 Å². The highest BCUT2D eigenvalue weighted by molar-refractivity contribution is 6.31. The third kappa shape index (κ3) is 3.19. The van der Waals surface area contributed by atoms with E-state index in [1.165, 1.54) is 6.07 Å². The molecule has 0 unspecified atom stereocenters. The van der Waals surface area contributed by atoms with Crippen molar-refractivity contribution in [1.29, 1.82) is 0 Å². The van der Waals surface area contributed by atoms with Crippen LogP contribution in [0.1, 0.15) is 35.0 Å². The van der Waals surface area contributed by atoms with Crippen molar-refractivity contribution >= 4 is 28.4 Å². The van der Waals surface area contributed by atoms with Crippen LogP contribution in [0.15, 0.2) is 65.3 Å². The van der Waals surface area contributed by atoms with Crippen LogP contribution in [0.4, 0.5) is 4.39 Å². The van der Waals surface area contributed by atoms with Crippen LogP contribution >= 0.6 is 11.6 Å². The summed E-state index contributed by atoms with van der Waals surface area (Å²) in [4.78, 5) is 18.4. The molecule has 0 saturated heterocycles. The molecular formula is C24H20ClFN2O2. The van der Waals surface area contributed by atoms with Gasteiger partial charge in [0, 0.05) is 46.6 Å². The average Bonchev–Trinajstić information content (AvgIpc) is 3.39. The molecule has 1 atom stereocenters. The number of amides is 1. The Morgan fingerprint density at radius 2 is 2.03 bits per heavy atom. The lowest BCUT2D eigenvalue weighted by Crippen LogP contribution is -2.41. The van der Waals surface area contributed by atoms with E-state index in [4.69, 9.17) is 16.0 Å². The fraction of sp³-hybridized carbons (Fsp3) is 0.208. The quantitative estimate of drug-likeness (QED) is 0.461. The number of nitrogens with one attached hydrogen (secondary N) is 1. The maximum atomic E-state index is 15.0. The van der Waals surface area contributed by atoms with Crippen LogP contribution in [0.2, 0.25) is 5.02 Å². The first-order chi connectivity index (χ1) is 14.6. The molecule has 3 heterocycles. The summed E-state index contributed by atoms with van der Waals surface area (Å²) in [5.41, 5.74) is 3.26. The molecule has 0 bridgehead atoms. The average molecular weight is 423 g/mol. The van der Waals surface area contributed by atoms with E-state index in [1.807, 2.05) is 24.3 Å². The number of fused-ring (bicyclic) bond motifs is 3. The number of benzene rings is 2. The number of halogens is 2. The van der Waals surface area contributed by atoms with Crippen LogP contribution in [0.3, 0.4) is 0 Å². The first kappa shape index (κ1) is 18.9. The Morgan fingerprint density at radius 3 is 2.83 bits per heavy atom. The van der Waals surface area contributed by atoms with E-state index in [2.05, 4.69) is 11.1 Å². The predicted octanol–water partition coefficient (Wildman–Crippen LogP) is 5.66. The predicted molar refractivity (Wildman–Crippen MR) is 114 cm³/mol. The first-order valence-corrected chi connectivity index (χ1v) is 10.4. The van der Waals surface area contributed by atoms with Gasteiger partial charge < -0.3 is 14.3 Å². The monoisotopic (exact) mass is 422 g/mol. The highest BCUT2D eigenvalue weighted by Gasteiger charge is 2.36. The summed E-state index contributed by atoms with van der Waals surface area (Å²) < 4.78 is 20.3. The van der Waals surface area contributed by atoms with E-state index in [0.717, 1.165) is 27.9 Å². The van der Waals surface area contributed by atoms with Crippen molar-refractivity contribution in [2.45, 2.75) is 25.3 Å². The minimum Gasteiger partial charge on any atom is -0.469 e. The molecule has 0 fully saturated rings. The number of furan rings is 1. The van der Waals surface area contributed by atoms with Gasteiger partial charge in [-0.25, -0.2) is 4.39 Å². The second-order valence-electron chi connectivity index (χ2n) is 7.52. The number of aromatic amines is 1. The van der Waals surface area contributed by atoms with Gasteiger partial charge >= 0.3 is 0 Å². The van der Waals surface area contributed by atoms with Crippen molar-refractivity contribution in [3.8, 4) is 0 Å². The highest BCUT2D eigenvalue weighted by Crippen LogP contribution is 2.41. The molecule has 1 amide bonds. The fourth-order valence-corrected chi connectivity index (χ4v) is 4.68. The molecular weight excluding hydrogens is 403 g/mol. The Hall–Kier alpha value is -3.05. The molecule has 2 aromatic carbocycles. The molecule has 0 aliphatic carbocycles. The lowest BCUT2D eigenvalue weighted by Gasteiger charge is -2.37. The molecule has 0 saturated carbocycles. The third-order valence-corrected chi connectivity index (χ3v) is 6.12. The molecule has 2 aromatic heterocycles. The number of aromatic nitrogens is 1. The van der Waals surface area contributed by atoms with Crippen LogP contribution in [0.5, 0.6) is 0 Å². The maximum Gasteiger partial charge on any atom is 0.223 e. The van der Waals surface area contributed by atoms with E-state index in [9.17, 15) is 9.18 Å². The zero-order chi connectivity index (χ0) is 20.7. The first-order valence-electron chi connectivity index (χ1n) is 9.98. The minimum absolute atomic E-state index is 0.0555. The molecule has 30 heavy (non-hydrogen) atoms. The van der Waals surface area contributed by atoms with E-state index in [0.29, 0.717) is 30.0 Å². The maximum absolute atomic E-state index is 15.0. The number of hydrogen-bond donors (Lipinski definition) is 1. The van der Waals surface area contributed by atoms with Crippen molar-refractivity contribution in [1.82, 2.24) is 9.88 Å². The summed E-state index contributed by atoms with van der Waals surface area (Å²) >= 11 is 6.45. The molecule has 5 rings (SSSR count). The number of carbonyl (C=O) groups is 1. The van der Waals surface area contributed by atoms with E-state index in [1.54, 1.807) is 29.4 Å². The molecule has 4 nitrogen and oxygen atoms in total. The van der Waals surface area contributed by atoms with Gasteiger partial charge in [-0.2, -0.15) is 0 Å². The molecule has 4 aromatic rings. The van der Waals surface area contributed by atoms with Crippen molar-refractivity contribution in [3.63, 3.8) is 0 Å². The number of nitrogens with zero attached hydrogens (tertiary/aromatic N) is 1.